The maximum atomic E-state index is 11.6. The number of hydrogen-bond acceptors (Lipinski definition) is 4. The van der Waals surface area contributed by atoms with E-state index in [1.807, 2.05) is 6.92 Å². The monoisotopic (exact) mass is 243 g/mol. The Morgan fingerprint density at radius 3 is 3.00 bits per heavy atom. The van der Waals surface area contributed by atoms with E-state index in [1.165, 1.54) is 12.3 Å². The number of nitrogens with zero attached hydrogens (tertiary/aromatic N) is 1. The molecule has 0 saturated carbocycles. The summed E-state index contributed by atoms with van der Waals surface area (Å²) < 4.78 is 5.00. The Morgan fingerprint density at radius 1 is 1.75 bits per heavy atom. The van der Waals surface area contributed by atoms with Crippen LogP contribution >= 0.6 is 11.6 Å². The summed E-state index contributed by atoms with van der Waals surface area (Å²) in [6.45, 7) is 2.28. The summed E-state index contributed by atoms with van der Waals surface area (Å²) in [6.07, 6.45) is 1.34. The molecule has 1 amide bonds. The molecule has 6 heteroatoms. The number of nitrogen functional groups attached to an aromatic ring is 1. The van der Waals surface area contributed by atoms with E-state index < -0.39 is 0 Å². The number of rotatable bonds is 4. The molecule has 3 N–H and O–H groups in total. The van der Waals surface area contributed by atoms with Crippen molar-refractivity contribution in [3.05, 3.63) is 22.8 Å². The van der Waals surface area contributed by atoms with Crippen LogP contribution in [0.3, 0.4) is 0 Å². The molecule has 5 nitrogen and oxygen atoms in total. The van der Waals surface area contributed by atoms with Crippen LogP contribution in [0.5, 0.6) is 0 Å². The van der Waals surface area contributed by atoms with E-state index in [1.54, 1.807) is 7.11 Å². The van der Waals surface area contributed by atoms with Crippen molar-refractivity contribution in [2.45, 2.75) is 13.0 Å². The maximum absolute atomic E-state index is 11.6. The second-order valence-corrected chi connectivity index (χ2v) is 3.75. The Morgan fingerprint density at radius 2 is 2.44 bits per heavy atom. The molecule has 0 aliphatic carbocycles. The molecule has 1 aromatic heterocycles. The minimum Gasteiger partial charge on any atom is -0.382 e. The van der Waals surface area contributed by atoms with Gasteiger partial charge in [0.05, 0.1) is 16.7 Å². The number of pyridine rings is 1. The summed E-state index contributed by atoms with van der Waals surface area (Å²) in [7, 11) is 1.58. The summed E-state index contributed by atoms with van der Waals surface area (Å²) in [5.41, 5.74) is 5.82. The second-order valence-electron chi connectivity index (χ2n) is 3.35. The first-order chi connectivity index (χ1) is 7.54. The number of methoxy groups -OCH3 is 1. The minimum atomic E-state index is -0.252. The lowest BCUT2D eigenvalue weighted by molar-refractivity contribution is 0.0870. The van der Waals surface area contributed by atoms with Crippen LogP contribution in [-0.4, -0.2) is 30.6 Å². The number of nitrogens with two attached hydrogens (primary N) is 1. The van der Waals surface area contributed by atoms with Gasteiger partial charge in [0.25, 0.3) is 5.91 Å². The molecule has 0 radical (unpaired) electrons. The highest BCUT2D eigenvalue weighted by Gasteiger charge is 2.09. The summed E-state index contributed by atoms with van der Waals surface area (Å²) in [5.74, 6) is -0.0400. The van der Waals surface area contributed by atoms with Gasteiger partial charge in [-0.1, -0.05) is 11.6 Å². The lowest BCUT2D eigenvalue weighted by Crippen LogP contribution is -2.31. The summed E-state index contributed by atoms with van der Waals surface area (Å²) in [5, 5.41) is 2.96. The quantitative estimate of drug-likeness (QED) is 0.830. The van der Waals surface area contributed by atoms with Crippen LogP contribution in [0.2, 0.25) is 5.02 Å². The average molecular weight is 244 g/mol. The molecule has 88 valence electrons. The van der Waals surface area contributed by atoms with Crippen molar-refractivity contribution in [1.29, 1.82) is 0 Å². The number of aromatic nitrogens is 1. The molecule has 0 saturated heterocycles. The molecule has 1 unspecified atom stereocenters. The highest BCUT2D eigenvalue weighted by Crippen LogP contribution is 2.16. The van der Waals surface area contributed by atoms with E-state index in [4.69, 9.17) is 22.1 Å². The number of nitrogens with one attached hydrogen (secondary N) is 1. The number of halogens is 1. The van der Waals surface area contributed by atoms with Gasteiger partial charge in [-0.15, -0.1) is 0 Å². The van der Waals surface area contributed by atoms with Crippen LogP contribution < -0.4 is 11.1 Å². The van der Waals surface area contributed by atoms with Gasteiger partial charge in [0, 0.05) is 19.9 Å². The van der Waals surface area contributed by atoms with Crippen LogP contribution in [-0.2, 0) is 4.74 Å². The van der Waals surface area contributed by atoms with Crippen molar-refractivity contribution in [3.63, 3.8) is 0 Å². The lowest BCUT2D eigenvalue weighted by Gasteiger charge is -2.10. The predicted octanol–water partition coefficient (Wildman–Crippen LogP) is 1.08. The molecule has 16 heavy (non-hydrogen) atoms. The Kier molecular flexibility index (Phi) is 4.52. The fourth-order valence-electron chi connectivity index (χ4n) is 0.994. The molecule has 1 aromatic rings. The van der Waals surface area contributed by atoms with Crippen molar-refractivity contribution in [2.24, 2.45) is 0 Å². The van der Waals surface area contributed by atoms with E-state index in [2.05, 4.69) is 10.3 Å². The lowest BCUT2D eigenvalue weighted by atomic mass is 10.2. The number of carbonyl (C=O) groups excluding carboxylic acids is 1. The van der Waals surface area contributed by atoms with Gasteiger partial charge in [-0.3, -0.25) is 4.79 Å². The number of anilines is 1. The molecule has 1 heterocycles. The molecule has 0 aliphatic rings. The zero-order chi connectivity index (χ0) is 12.1. The van der Waals surface area contributed by atoms with E-state index in [0.29, 0.717) is 12.1 Å². The fraction of sp³-hybridized carbons (Fsp3) is 0.400. The third-order valence-corrected chi connectivity index (χ3v) is 2.39. The van der Waals surface area contributed by atoms with Gasteiger partial charge in [0.1, 0.15) is 5.82 Å². The van der Waals surface area contributed by atoms with Crippen LogP contribution in [0.15, 0.2) is 12.3 Å². The molecular weight excluding hydrogens is 230 g/mol. The SMILES string of the molecule is COC(C)CNC(=O)c1cnc(N)c(Cl)c1. The highest BCUT2D eigenvalue weighted by molar-refractivity contribution is 6.33. The predicted molar refractivity (Wildman–Crippen MR) is 62.5 cm³/mol. The van der Waals surface area contributed by atoms with Gasteiger partial charge in [-0.25, -0.2) is 4.98 Å². The van der Waals surface area contributed by atoms with Crippen molar-refractivity contribution >= 4 is 23.3 Å². The Labute approximate surface area is 98.9 Å². The molecule has 1 rings (SSSR count). The highest BCUT2D eigenvalue weighted by atomic mass is 35.5. The normalized spacial score (nSPS) is 12.2. The Hall–Kier alpha value is -1.33. The minimum absolute atomic E-state index is 0.0406. The molecule has 0 spiro atoms. The standard InChI is InChI=1S/C10H14ClN3O2/c1-6(16-2)4-14-10(15)7-3-8(11)9(12)13-5-7/h3,5-6H,4H2,1-2H3,(H2,12,13)(H,14,15). The molecule has 1 atom stereocenters. The van der Waals surface area contributed by atoms with Crippen LogP contribution in [0.25, 0.3) is 0 Å². The van der Waals surface area contributed by atoms with Gasteiger partial charge in [0.2, 0.25) is 0 Å². The van der Waals surface area contributed by atoms with Gasteiger partial charge in [-0.2, -0.15) is 0 Å². The molecular formula is C10H14ClN3O2. The molecule has 0 aromatic carbocycles. The zero-order valence-electron chi connectivity index (χ0n) is 9.16. The largest absolute Gasteiger partial charge is 0.382 e. The topological polar surface area (TPSA) is 77.2 Å². The van der Waals surface area contributed by atoms with Gasteiger partial charge in [0.15, 0.2) is 0 Å². The summed E-state index contributed by atoms with van der Waals surface area (Å²) >= 11 is 5.76. The van der Waals surface area contributed by atoms with Gasteiger partial charge in [-0.05, 0) is 13.0 Å². The molecule has 0 aliphatic heterocycles. The van der Waals surface area contributed by atoms with Gasteiger partial charge >= 0.3 is 0 Å². The van der Waals surface area contributed by atoms with Crippen LogP contribution in [0.4, 0.5) is 5.82 Å². The number of hydrogen-bond donors (Lipinski definition) is 2. The first-order valence-corrected chi connectivity index (χ1v) is 5.14. The van der Waals surface area contributed by atoms with E-state index >= 15 is 0 Å². The number of amides is 1. The fourth-order valence-corrected chi connectivity index (χ4v) is 1.16. The molecule has 0 fully saturated rings. The van der Waals surface area contributed by atoms with E-state index in [9.17, 15) is 4.79 Å². The Balaban J connectivity index is 2.63. The maximum Gasteiger partial charge on any atom is 0.252 e. The second kappa shape index (κ2) is 5.67. The van der Waals surface area contributed by atoms with Crippen molar-refractivity contribution in [2.75, 3.05) is 19.4 Å². The zero-order valence-corrected chi connectivity index (χ0v) is 9.91. The number of carbonyl (C=O) groups is 1. The average Bonchev–Trinajstić information content (AvgIpc) is 2.29. The molecule has 0 bridgehead atoms. The van der Waals surface area contributed by atoms with Gasteiger partial charge < -0.3 is 15.8 Å². The number of ether oxygens (including phenoxy) is 1. The van der Waals surface area contributed by atoms with Crippen molar-refractivity contribution in [3.8, 4) is 0 Å². The smallest absolute Gasteiger partial charge is 0.252 e. The van der Waals surface area contributed by atoms with Crippen LogP contribution in [0, 0.1) is 0 Å². The summed E-state index contributed by atoms with van der Waals surface area (Å²) in [6, 6.07) is 1.48. The van der Waals surface area contributed by atoms with E-state index in [0.717, 1.165) is 0 Å². The first-order valence-electron chi connectivity index (χ1n) is 4.76. The summed E-state index contributed by atoms with van der Waals surface area (Å²) in [4.78, 5) is 15.4. The van der Waals surface area contributed by atoms with Crippen LogP contribution in [0.1, 0.15) is 17.3 Å². The third kappa shape index (κ3) is 3.36. The Bertz CT molecular complexity index is 384. The third-order valence-electron chi connectivity index (χ3n) is 2.08. The van der Waals surface area contributed by atoms with E-state index in [-0.39, 0.29) is 22.9 Å². The van der Waals surface area contributed by atoms with Crippen molar-refractivity contribution in [1.82, 2.24) is 10.3 Å². The van der Waals surface area contributed by atoms with Crippen molar-refractivity contribution < 1.29 is 9.53 Å². The first kappa shape index (κ1) is 12.7.